The molecule has 0 radical (unpaired) electrons. The summed E-state index contributed by atoms with van der Waals surface area (Å²) >= 11 is 0. The molecule has 0 spiro atoms. The van der Waals surface area contributed by atoms with Crippen LogP contribution in [0.3, 0.4) is 0 Å². The van der Waals surface area contributed by atoms with Gasteiger partial charge in [0, 0.05) is 29.9 Å². The Morgan fingerprint density at radius 3 is 2.30 bits per heavy atom. The molecule has 0 saturated heterocycles. The predicted molar refractivity (Wildman–Crippen MR) is 105 cm³/mol. The van der Waals surface area contributed by atoms with Crippen LogP contribution in [0.4, 0.5) is 4.79 Å². The third-order valence-electron chi connectivity index (χ3n) is 4.59. The fourth-order valence-electron chi connectivity index (χ4n) is 3.29. The van der Waals surface area contributed by atoms with Crippen LogP contribution < -0.4 is 0 Å². The summed E-state index contributed by atoms with van der Waals surface area (Å²) in [7, 11) is 0. The molecular formula is C22H20N4O. The van der Waals surface area contributed by atoms with Gasteiger partial charge in [0.25, 0.3) is 0 Å². The Morgan fingerprint density at radius 1 is 0.963 bits per heavy atom. The van der Waals surface area contributed by atoms with E-state index in [-0.39, 0.29) is 6.03 Å². The second-order valence-corrected chi connectivity index (χ2v) is 6.30. The first-order valence-electron chi connectivity index (χ1n) is 9.02. The van der Waals surface area contributed by atoms with Crippen molar-refractivity contribution in [3.63, 3.8) is 0 Å². The third-order valence-corrected chi connectivity index (χ3v) is 4.59. The van der Waals surface area contributed by atoms with Crippen molar-refractivity contribution in [2.24, 2.45) is 0 Å². The summed E-state index contributed by atoms with van der Waals surface area (Å²) in [6.45, 7) is 2.10. The molecule has 0 atom stereocenters. The number of aromatic nitrogens is 4. The predicted octanol–water partition coefficient (Wildman–Crippen LogP) is 4.42. The molecule has 4 rings (SSSR count). The maximum absolute atomic E-state index is 13.0. The van der Waals surface area contributed by atoms with E-state index in [0.29, 0.717) is 6.42 Å². The van der Waals surface area contributed by atoms with Gasteiger partial charge in [-0.2, -0.15) is 19.6 Å². The minimum absolute atomic E-state index is 0.275. The van der Waals surface area contributed by atoms with Crippen molar-refractivity contribution in [3.05, 3.63) is 95.9 Å². The molecule has 4 aromatic rings. The van der Waals surface area contributed by atoms with Gasteiger partial charge in [0.2, 0.25) is 0 Å². The molecule has 0 fully saturated rings. The summed E-state index contributed by atoms with van der Waals surface area (Å²) in [5.74, 6) is 0. The van der Waals surface area contributed by atoms with E-state index in [1.54, 1.807) is 18.5 Å². The minimum atomic E-state index is -0.275. The zero-order valence-corrected chi connectivity index (χ0v) is 15.1. The highest BCUT2D eigenvalue weighted by Gasteiger charge is 2.23. The normalized spacial score (nSPS) is 10.9. The van der Waals surface area contributed by atoms with Gasteiger partial charge in [0.15, 0.2) is 0 Å². The summed E-state index contributed by atoms with van der Waals surface area (Å²) in [4.78, 5) is 13.0. The summed E-state index contributed by atoms with van der Waals surface area (Å²) in [6, 6.07) is 21.6. The van der Waals surface area contributed by atoms with Gasteiger partial charge in [0.05, 0.1) is 11.4 Å². The minimum Gasteiger partial charge on any atom is -0.244 e. The van der Waals surface area contributed by atoms with E-state index in [9.17, 15) is 4.79 Å². The molecule has 2 heterocycles. The summed E-state index contributed by atoms with van der Waals surface area (Å²) in [5.41, 5.74) is 5.00. The molecule has 2 aromatic carbocycles. The van der Waals surface area contributed by atoms with Gasteiger partial charge in [-0.05, 0) is 18.1 Å². The first-order chi connectivity index (χ1) is 13.3. The van der Waals surface area contributed by atoms with Crippen LogP contribution in [0, 0.1) is 0 Å². The summed E-state index contributed by atoms with van der Waals surface area (Å²) in [6.07, 6.45) is 4.66. The van der Waals surface area contributed by atoms with Crippen LogP contribution in [0.2, 0.25) is 0 Å². The number of nitrogens with zero attached hydrogens (tertiary/aromatic N) is 4. The van der Waals surface area contributed by atoms with Crippen molar-refractivity contribution in [1.82, 2.24) is 19.6 Å². The van der Waals surface area contributed by atoms with Crippen LogP contribution in [-0.2, 0) is 12.8 Å². The van der Waals surface area contributed by atoms with Crippen molar-refractivity contribution in [3.8, 4) is 11.3 Å². The van der Waals surface area contributed by atoms with Crippen LogP contribution in [0.5, 0.6) is 0 Å². The van der Waals surface area contributed by atoms with E-state index in [1.807, 2.05) is 48.5 Å². The molecule has 0 N–H and O–H groups in total. The highest BCUT2D eigenvalue weighted by Crippen LogP contribution is 2.28. The Morgan fingerprint density at radius 2 is 1.67 bits per heavy atom. The van der Waals surface area contributed by atoms with E-state index < -0.39 is 0 Å². The van der Waals surface area contributed by atoms with Gasteiger partial charge in [-0.25, -0.2) is 4.79 Å². The lowest BCUT2D eigenvalue weighted by Gasteiger charge is -2.08. The molecule has 27 heavy (non-hydrogen) atoms. The van der Waals surface area contributed by atoms with E-state index in [4.69, 9.17) is 5.10 Å². The molecular weight excluding hydrogens is 336 g/mol. The Kier molecular flexibility index (Phi) is 4.66. The number of rotatable bonds is 4. The molecule has 5 heteroatoms. The number of carbonyl (C=O) groups is 1. The van der Waals surface area contributed by atoms with Crippen LogP contribution in [0.15, 0.2) is 79.1 Å². The molecule has 0 saturated carbocycles. The fourth-order valence-corrected chi connectivity index (χ4v) is 3.29. The zero-order valence-electron chi connectivity index (χ0n) is 15.1. The first kappa shape index (κ1) is 17.0. The Hall–Kier alpha value is -3.47. The second kappa shape index (κ2) is 7.41. The zero-order chi connectivity index (χ0) is 18.6. The number of carbonyl (C=O) groups excluding carboxylic acids is 1. The Labute approximate surface area is 157 Å². The average Bonchev–Trinajstić information content (AvgIpc) is 3.37. The van der Waals surface area contributed by atoms with Crippen LogP contribution in [0.1, 0.15) is 23.7 Å². The number of hydrogen-bond acceptors (Lipinski definition) is 3. The molecule has 0 aliphatic heterocycles. The number of benzene rings is 2. The first-order valence-corrected chi connectivity index (χ1v) is 9.02. The van der Waals surface area contributed by atoms with Gasteiger partial charge in [-0.1, -0.05) is 67.6 Å². The lowest BCUT2D eigenvalue weighted by molar-refractivity contribution is 0.237. The molecule has 0 bridgehead atoms. The van der Waals surface area contributed by atoms with Crippen LogP contribution in [-0.4, -0.2) is 25.6 Å². The van der Waals surface area contributed by atoms with Gasteiger partial charge >= 0.3 is 6.03 Å². The third kappa shape index (κ3) is 3.31. The van der Waals surface area contributed by atoms with Gasteiger partial charge < -0.3 is 0 Å². The van der Waals surface area contributed by atoms with Crippen molar-refractivity contribution in [2.45, 2.75) is 19.8 Å². The second-order valence-electron chi connectivity index (χ2n) is 6.30. The topological polar surface area (TPSA) is 52.7 Å². The standard InChI is InChI=1S/C22H20N4O/c1-2-19-20(16-17-10-5-3-6-11-17)26(22(27)25-15-9-14-23-25)24-21(19)18-12-7-4-8-13-18/h3-15H,2,16H2,1H3. The molecule has 0 aliphatic rings. The molecule has 5 nitrogen and oxygen atoms in total. The lowest BCUT2D eigenvalue weighted by atomic mass is 10.00. The quantitative estimate of drug-likeness (QED) is 0.544. The lowest BCUT2D eigenvalue weighted by Crippen LogP contribution is -2.23. The number of hydrogen-bond donors (Lipinski definition) is 0. The fraction of sp³-hybridized carbons (Fsp3) is 0.136. The molecule has 0 unspecified atom stereocenters. The van der Waals surface area contributed by atoms with Gasteiger partial charge in [-0.15, -0.1) is 0 Å². The van der Waals surface area contributed by atoms with E-state index in [0.717, 1.165) is 34.5 Å². The summed E-state index contributed by atoms with van der Waals surface area (Å²) in [5, 5.41) is 8.79. The van der Waals surface area contributed by atoms with Crippen molar-refractivity contribution < 1.29 is 4.79 Å². The average molecular weight is 356 g/mol. The molecule has 2 aromatic heterocycles. The van der Waals surface area contributed by atoms with Crippen LogP contribution in [0.25, 0.3) is 11.3 Å². The Bertz CT molecular complexity index is 1030. The molecule has 0 amide bonds. The SMILES string of the molecule is CCc1c(-c2ccccc2)nn(C(=O)n2cccn2)c1Cc1ccccc1. The van der Waals surface area contributed by atoms with E-state index in [2.05, 4.69) is 24.2 Å². The van der Waals surface area contributed by atoms with Gasteiger partial charge in [-0.3, -0.25) is 0 Å². The largest absolute Gasteiger partial charge is 0.369 e. The maximum atomic E-state index is 13.0. The van der Waals surface area contributed by atoms with E-state index >= 15 is 0 Å². The van der Waals surface area contributed by atoms with Crippen LogP contribution >= 0.6 is 0 Å². The summed E-state index contributed by atoms with van der Waals surface area (Å²) < 4.78 is 2.82. The van der Waals surface area contributed by atoms with Crippen molar-refractivity contribution in [2.75, 3.05) is 0 Å². The molecule has 134 valence electrons. The van der Waals surface area contributed by atoms with E-state index in [1.165, 1.54) is 9.36 Å². The van der Waals surface area contributed by atoms with Crippen molar-refractivity contribution >= 4 is 6.03 Å². The maximum Gasteiger partial charge on any atom is 0.369 e. The van der Waals surface area contributed by atoms with Crippen molar-refractivity contribution in [1.29, 1.82) is 0 Å². The molecule has 0 aliphatic carbocycles. The van der Waals surface area contributed by atoms with Gasteiger partial charge in [0.1, 0.15) is 0 Å². The highest BCUT2D eigenvalue weighted by atomic mass is 16.2. The highest BCUT2D eigenvalue weighted by molar-refractivity contribution is 5.80. The Balaban J connectivity index is 1.88. The smallest absolute Gasteiger partial charge is 0.244 e. The monoisotopic (exact) mass is 356 g/mol.